The molecule has 1 aromatic rings. The standard InChI is InChI=1S/C31H42Cl2N2O2/c1-21-9-10-23(13-16-35-17-14-27(36)15-18-35)11-12-28(21)30-22(2)5-3-7-26(33)20-29(30)34-31(37)24-6-4-8-25(32)19-24/h4,6-8,19-21,23,27-28,36H,3,5,9-18H2,1-2H3,(H,34,37). The molecule has 37 heavy (non-hydrogen) atoms. The summed E-state index contributed by atoms with van der Waals surface area (Å²) in [5.74, 6) is 1.50. The number of aliphatic hydroxyl groups is 1. The molecular weight excluding hydrogens is 503 g/mol. The predicted molar refractivity (Wildman–Crippen MR) is 154 cm³/mol. The van der Waals surface area contributed by atoms with Crippen LogP contribution in [0.1, 0.15) is 82.0 Å². The number of benzene rings is 1. The molecule has 0 spiro atoms. The van der Waals surface area contributed by atoms with Crippen LogP contribution in [0.2, 0.25) is 5.02 Å². The van der Waals surface area contributed by atoms with Gasteiger partial charge in [-0.25, -0.2) is 0 Å². The van der Waals surface area contributed by atoms with E-state index in [-0.39, 0.29) is 12.0 Å². The number of amides is 1. The van der Waals surface area contributed by atoms with E-state index in [1.54, 1.807) is 24.3 Å². The Morgan fingerprint density at radius 1 is 1.11 bits per heavy atom. The van der Waals surface area contributed by atoms with E-state index in [1.165, 1.54) is 36.8 Å². The molecular formula is C31H42Cl2N2O2. The van der Waals surface area contributed by atoms with Crippen molar-refractivity contribution in [1.82, 2.24) is 10.2 Å². The highest BCUT2D eigenvalue weighted by atomic mass is 35.5. The zero-order valence-electron chi connectivity index (χ0n) is 22.3. The fraction of sp³-hybridized carbons (Fsp3) is 0.581. The normalized spacial score (nSPS) is 26.6. The number of hydrogen-bond donors (Lipinski definition) is 2. The second kappa shape index (κ2) is 13.5. The van der Waals surface area contributed by atoms with E-state index in [0.29, 0.717) is 27.5 Å². The molecule has 0 aromatic heterocycles. The van der Waals surface area contributed by atoms with Crippen LogP contribution in [0.5, 0.6) is 0 Å². The molecule has 202 valence electrons. The zero-order valence-corrected chi connectivity index (χ0v) is 23.8. The molecule has 1 saturated carbocycles. The molecule has 6 heteroatoms. The third-order valence-corrected chi connectivity index (χ3v) is 9.11. The molecule has 3 unspecified atom stereocenters. The van der Waals surface area contributed by atoms with Crippen molar-refractivity contribution in [1.29, 1.82) is 0 Å². The van der Waals surface area contributed by atoms with Crippen molar-refractivity contribution in [3.05, 3.63) is 68.9 Å². The molecule has 4 nitrogen and oxygen atoms in total. The SMILES string of the molecule is CC1=C(C2CCC(CCN3CCC(O)CC3)CCC2C)C(NC(=O)c2cccc(Cl)c2)=CC(Cl)=CCC1. The van der Waals surface area contributed by atoms with Gasteiger partial charge in [-0.05, 0) is 112 Å². The van der Waals surface area contributed by atoms with Crippen molar-refractivity contribution >= 4 is 29.1 Å². The summed E-state index contributed by atoms with van der Waals surface area (Å²) in [5.41, 5.74) is 4.01. The van der Waals surface area contributed by atoms with Crippen molar-refractivity contribution < 1.29 is 9.90 Å². The number of likely N-dealkylation sites (tertiary alicyclic amines) is 1. The Labute approximate surface area is 232 Å². The van der Waals surface area contributed by atoms with Crippen LogP contribution in [0.3, 0.4) is 0 Å². The van der Waals surface area contributed by atoms with Crippen LogP contribution in [-0.4, -0.2) is 41.7 Å². The maximum absolute atomic E-state index is 13.2. The van der Waals surface area contributed by atoms with Crippen LogP contribution in [0.25, 0.3) is 0 Å². The first-order valence-electron chi connectivity index (χ1n) is 14.0. The van der Waals surface area contributed by atoms with Gasteiger partial charge in [0.15, 0.2) is 0 Å². The average Bonchev–Trinajstić information content (AvgIpc) is 3.04. The summed E-state index contributed by atoms with van der Waals surface area (Å²) >= 11 is 12.7. The van der Waals surface area contributed by atoms with Crippen molar-refractivity contribution in [2.45, 2.75) is 77.7 Å². The second-order valence-corrected chi connectivity index (χ2v) is 12.2. The molecule has 2 aliphatic carbocycles. The van der Waals surface area contributed by atoms with Crippen LogP contribution in [0.15, 0.2) is 58.3 Å². The molecule has 3 atom stereocenters. The van der Waals surface area contributed by atoms with E-state index >= 15 is 0 Å². The molecule has 1 aromatic carbocycles. The van der Waals surface area contributed by atoms with E-state index in [1.807, 2.05) is 12.2 Å². The quantitative estimate of drug-likeness (QED) is 0.365. The number of hydrogen-bond acceptors (Lipinski definition) is 3. The van der Waals surface area contributed by atoms with E-state index in [9.17, 15) is 9.90 Å². The number of rotatable bonds is 6. The van der Waals surface area contributed by atoms with Gasteiger partial charge in [-0.15, -0.1) is 0 Å². The van der Waals surface area contributed by atoms with Crippen molar-refractivity contribution in [2.75, 3.05) is 19.6 Å². The molecule has 1 aliphatic heterocycles. The largest absolute Gasteiger partial charge is 0.393 e. The fourth-order valence-corrected chi connectivity index (χ4v) is 6.69. The molecule has 2 N–H and O–H groups in total. The topological polar surface area (TPSA) is 52.6 Å². The van der Waals surface area contributed by atoms with E-state index in [0.717, 1.165) is 63.4 Å². The number of allylic oxidation sites excluding steroid dienone is 5. The average molecular weight is 546 g/mol. The second-order valence-electron chi connectivity index (χ2n) is 11.3. The summed E-state index contributed by atoms with van der Waals surface area (Å²) in [6, 6.07) is 7.08. The maximum atomic E-state index is 13.2. The van der Waals surface area contributed by atoms with Gasteiger partial charge in [0.25, 0.3) is 5.91 Å². The molecule has 1 heterocycles. The predicted octanol–water partition coefficient (Wildman–Crippen LogP) is 7.48. The summed E-state index contributed by atoms with van der Waals surface area (Å²) in [4.78, 5) is 15.8. The number of piperidine rings is 1. The van der Waals surface area contributed by atoms with Crippen LogP contribution in [0.4, 0.5) is 0 Å². The zero-order chi connectivity index (χ0) is 26.4. The minimum atomic E-state index is -0.158. The lowest BCUT2D eigenvalue weighted by Crippen LogP contribution is -2.36. The third kappa shape index (κ3) is 7.95. The van der Waals surface area contributed by atoms with Gasteiger partial charge >= 0.3 is 0 Å². The van der Waals surface area contributed by atoms with Gasteiger partial charge < -0.3 is 15.3 Å². The van der Waals surface area contributed by atoms with Crippen LogP contribution in [0, 0.1) is 17.8 Å². The monoisotopic (exact) mass is 544 g/mol. The number of nitrogens with one attached hydrogen (secondary N) is 1. The van der Waals surface area contributed by atoms with E-state index < -0.39 is 0 Å². The lowest BCUT2D eigenvalue weighted by molar-refractivity contribution is 0.0793. The lowest BCUT2D eigenvalue weighted by atomic mass is 9.78. The Kier molecular flexibility index (Phi) is 10.3. The number of nitrogens with zero attached hydrogens (tertiary/aromatic N) is 1. The molecule has 0 radical (unpaired) electrons. The Morgan fingerprint density at radius 2 is 1.86 bits per heavy atom. The first kappa shape index (κ1) is 28.4. The minimum Gasteiger partial charge on any atom is -0.393 e. The summed E-state index contributed by atoms with van der Waals surface area (Å²) in [6.45, 7) is 7.79. The molecule has 0 bridgehead atoms. The Bertz CT molecular complexity index is 1040. The number of aliphatic hydroxyl groups excluding tert-OH is 1. The van der Waals surface area contributed by atoms with Gasteiger partial charge in [-0.1, -0.05) is 54.3 Å². The molecule has 1 amide bonds. The van der Waals surface area contributed by atoms with E-state index in [4.69, 9.17) is 23.2 Å². The maximum Gasteiger partial charge on any atom is 0.255 e. The highest BCUT2D eigenvalue weighted by Gasteiger charge is 2.31. The van der Waals surface area contributed by atoms with Gasteiger partial charge in [0, 0.05) is 34.4 Å². The van der Waals surface area contributed by atoms with Gasteiger partial charge in [-0.2, -0.15) is 0 Å². The Morgan fingerprint density at radius 3 is 2.62 bits per heavy atom. The first-order chi connectivity index (χ1) is 17.8. The van der Waals surface area contributed by atoms with Crippen LogP contribution >= 0.6 is 23.2 Å². The Hall–Kier alpha value is -1.59. The fourth-order valence-electron chi connectivity index (χ4n) is 6.28. The first-order valence-corrected chi connectivity index (χ1v) is 14.8. The van der Waals surface area contributed by atoms with Crippen LogP contribution < -0.4 is 5.32 Å². The molecule has 4 rings (SSSR count). The van der Waals surface area contributed by atoms with Gasteiger partial charge in [-0.3, -0.25) is 4.79 Å². The minimum absolute atomic E-state index is 0.110. The number of halogens is 2. The summed E-state index contributed by atoms with van der Waals surface area (Å²) in [6.07, 6.45) is 13.6. The summed E-state index contributed by atoms with van der Waals surface area (Å²) in [5, 5.41) is 14.3. The number of carbonyl (C=O) groups excluding carboxylic acids is 1. The molecule has 2 fully saturated rings. The highest BCUT2D eigenvalue weighted by molar-refractivity contribution is 6.31. The van der Waals surface area contributed by atoms with Gasteiger partial charge in [0.1, 0.15) is 0 Å². The summed E-state index contributed by atoms with van der Waals surface area (Å²) < 4.78 is 0. The molecule has 1 saturated heterocycles. The van der Waals surface area contributed by atoms with Crippen LogP contribution in [-0.2, 0) is 0 Å². The third-order valence-electron chi connectivity index (χ3n) is 8.61. The smallest absolute Gasteiger partial charge is 0.255 e. The van der Waals surface area contributed by atoms with Crippen molar-refractivity contribution in [3.63, 3.8) is 0 Å². The Balaban J connectivity index is 1.49. The van der Waals surface area contributed by atoms with Crippen molar-refractivity contribution in [2.24, 2.45) is 17.8 Å². The summed E-state index contributed by atoms with van der Waals surface area (Å²) in [7, 11) is 0. The lowest BCUT2D eigenvalue weighted by Gasteiger charge is -2.30. The number of carbonyl (C=O) groups is 1. The highest BCUT2D eigenvalue weighted by Crippen LogP contribution is 2.42. The van der Waals surface area contributed by atoms with E-state index in [2.05, 4.69) is 24.1 Å². The van der Waals surface area contributed by atoms with Gasteiger partial charge in [0.05, 0.1) is 6.10 Å². The van der Waals surface area contributed by atoms with Gasteiger partial charge in [0.2, 0.25) is 0 Å². The molecule has 3 aliphatic rings. The van der Waals surface area contributed by atoms with Crippen molar-refractivity contribution in [3.8, 4) is 0 Å².